The molecule has 0 aromatic carbocycles. The van der Waals surface area contributed by atoms with Gasteiger partial charge in [-0.1, -0.05) is 31.4 Å². The lowest BCUT2D eigenvalue weighted by Crippen LogP contribution is -2.24. The lowest BCUT2D eigenvalue weighted by Gasteiger charge is -2.22. The molecule has 1 rings (SSSR count). The van der Waals surface area contributed by atoms with Crippen LogP contribution in [0.25, 0.3) is 0 Å². The highest BCUT2D eigenvalue weighted by atomic mass is 28.3. The minimum absolute atomic E-state index is 1.04. The molecule has 0 atom stereocenters. The summed E-state index contributed by atoms with van der Waals surface area (Å²) in [6, 6.07) is 0. The maximum Gasteiger partial charge on any atom is 0.0709 e. The van der Waals surface area contributed by atoms with Crippen LogP contribution in [0.5, 0.6) is 0 Å². The lowest BCUT2D eigenvalue weighted by atomic mass is 10.3. The van der Waals surface area contributed by atoms with Crippen molar-refractivity contribution in [1.29, 1.82) is 0 Å². The lowest BCUT2D eigenvalue weighted by molar-refractivity contribution is 0.387. The Hall–Kier alpha value is -0.503. The number of allylic oxidation sites excluding steroid dienone is 2. The fraction of sp³-hybridized carbons (Fsp3) is 0.692. The maximum absolute atomic E-state index is 3.78. The first-order chi connectivity index (χ1) is 7.03. The molecule has 0 unspecified atom stereocenters. The van der Waals surface area contributed by atoms with Gasteiger partial charge in [-0.25, -0.2) is 0 Å². The number of rotatable bonds is 5. The molecule has 1 nitrogen and oxygen atoms in total. The smallest absolute Gasteiger partial charge is 0.0709 e. The average molecular weight is 223 g/mol. The highest BCUT2D eigenvalue weighted by molar-refractivity contribution is 6.81. The summed E-state index contributed by atoms with van der Waals surface area (Å²) in [6.07, 6.45) is 7.09. The van der Waals surface area contributed by atoms with Crippen molar-refractivity contribution in [3.05, 3.63) is 24.1 Å². The molecule has 0 amide bonds. The molecule has 0 radical (unpaired) electrons. The molecule has 0 bridgehead atoms. The van der Waals surface area contributed by atoms with Gasteiger partial charge in [-0.3, -0.25) is 0 Å². The molecule has 1 aliphatic rings. The number of likely N-dealkylation sites (tertiary alicyclic amines) is 1. The molecular formula is C13H25NSi. The van der Waals surface area contributed by atoms with E-state index in [9.17, 15) is 0 Å². The van der Waals surface area contributed by atoms with Gasteiger partial charge in [-0.05, 0) is 25.7 Å². The van der Waals surface area contributed by atoms with Crippen molar-refractivity contribution in [1.82, 2.24) is 4.90 Å². The van der Waals surface area contributed by atoms with Crippen molar-refractivity contribution < 1.29 is 0 Å². The van der Waals surface area contributed by atoms with Crippen LogP contribution in [0.3, 0.4) is 0 Å². The van der Waals surface area contributed by atoms with Gasteiger partial charge in [0.1, 0.15) is 0 Å². The average Bonchev–Trinajstić information content (AvgIpc) is 2.50. The molecule has 0 aromatic heterocycles. The van der Waals surface area contributed by atoms with E-state index < -0.39 is 8.07 Å². The summed E-state index contributed by atoms with van der Waals surface area (Å²) in [5.74, 6) is 0. The van der Waals surface area contributed by atoms with Crippen LogP contribution in [0.15, 0.2) is 24.1 Å². The SMILES string of the molecule is C=CCCCN1CCC/C1=C/[Si](C)(C)C. The Kier molecular flexibility index (Phi) is 4.65. The standard InChI is InChI=1S/C13H25NSi/c1-5-6-7-10-14-11-8-9-13(14)12-15(2,3)4/h5,12H,1,6-11H2,2-4H3/b13-12-. The maximum atomic E-state index is 3.78. The summed E-state index contributed by atoms with van der Waals surface area (Å²) in [5, 5.41) is 0. The van der Waals surface area contributed by atoms with Gasteiger partial charge in [0.25, 0.3) is 0 Å². The van der Waals surface area contributed by atoms with Crippen LogP contribution in [0.2, 0.25) is 19.6 Å². The van der Waals surface area contributed by atoms with Crippen molar-refractivity contribution in [3.8, 4) is 0 Å². The van der Waals surface area contributed by atoms with Gasteiger partial charge in [0.2, 0.25) is 0 Å². The summed E-state index contributed by atoms with van der Waals surface area (Å²) < 4.78 is 0. The van der Waals surface area contributed by atoms with Crippen LogP contribution in [-0.2, 0) is 0 Å². The van der Waals surface area contributed by atoms with Gasteiger partial charge in [-0.2, -0.15) is 0 Å². The second-order valence-corrected chi connectivity index (χ2v) is 10.5. The third kappa shape index (κ3) is 4.69. The van der Waals surface area contributed by atoms with Gasteiger partial charge >= 0.3 is 0 Å². The first-order valence-electron chi connectivity index (χ1n) is 6.10. The number of nitrogens with zero attached hydrogens (tertiary/aromatic N) is 1. The second kappa shape index (κ2) is 5.55. The minimum atomic E-state index is -1.04. The van der Waals surface area contributed by atoms with Crippen LogP contribution in [0.1, 0.15) is 25.7 Å². The number of hydrogen-bond acceptors (Lipinski definition) is 1. The van der Waals surface area contributed by atoms with E-state index in [1.54, 1.807) is 5.70 Å². The Morgan fingerprint density at radius 1 is 1.40 bits per heavy atom. The normalized spacial score (nSPS) is 19.9. The molecule has 1 fully saturated rings. The van der Waals surface area contributed by atoms with Crippen molar-refractivity contribution in [2.75, 3.05) is 13.1 Å². The Balaban J connectivity index is 2.49. The van der Waals surface area contributed by atoms with E-state index in [-0.39, 0.29) is 0 Å². The molecule has 0 N–H and O–H groups in total. The first kappa shape index (κ1) is 12.6. The molecule has 15 heavy (non-hydrogen) atoms. The van der Waals surface area contributed by atoms with Crippen LogP contribution >= 0.6 is 0 Å². The zero-order valence-electron chi connectivity index (χ0n) is 10.6. The number of hydrogen-bond donors (Lipinski definition) is 0. The van der Waals surface area contributed by atoms with Gasteiger partial charge in [0.05, 0.1) is 8.07 Å². The first-order valence-corrected chi connectivity index (χ1v) is 9.68. The Morgan fingerprint density at radius 2 is 2.13 bits per heavy atom. The zero-order chi connectivity index (χ0) is 11.3. The molecule has 0 aliphatic carbocycles. The molecule has 86 valence electrons. The molecule has 1 heterocycles. The fourth-order valence-corrected chi connectivity index (χ4v) is 3.42. The van der Waals surface area contributed by atoms with Crippen molar-refractivity contribution in [2.24, 2.45) is 0 Å². The van der Waals surface area contributed by atoms with E-state index in [2.05, 4.69) is 36.8 Å². The van der Waals surface area contributed by atoms with E-state index in [0.29, 0.717) is 0 Å². The summed E-state index contributed by atoms with van der Waals surface area (Å²) in [7, 11) is -1.04. The molecular weight excluding hydrogens is 198 g/mol. The summed E-state index contributed by atoms with van der Waals surface area (Å²) >= 11 is 0. The van der Waals surface area contributed by atoms with Crippen molar-refractivity contribution >= 4 is 8.07 Å². The molecule has 0 saturated carbocycles. The largest absolute Gasteiger partial charge is 0.375 e. The molecule has 1 aliphatic heterocycles. The van der Waals surface area contributed by atoms with E-state index in [4.69, 9.17) is 0 Å². The van der Waals surface area contributed by atoms with Gasteiger partial charge in [-0.15, -0.1) is 6.58 Å². The van der Waals surface area contributed by atoms with Gasteiger partial charge in [0.15, 0.2) is 0 Å². The predicted molar refractivity (Wildman–Crippen MR) is 71.7 cm³/mol. The predicted octanol–water partition coefficient (Wildman–Crippen LogP) is 3.81. The zero-order valence-corrected chi connectivity index (χ0v) is 11.6. The van der Waals surface area contributed by atoms with Gasteiger partial charge in [0, 0.05) is 18.8 Å². The summed E-state index contributed by atoms with van der Waals surface area (Å²) in [4.78, 5) is 2.59. The third-order valence-corrected chi connectivity index (χ3v) is 3.90. The third-order valence-electron chi connectivity index (χ3n) is 2.70. The molecule has 0 spiro atoms. The summed E-state index contributed by atoms with van der Waals surface area (Å²) in [5.41, 5.74) is 4.20. The topological polar surface area (TPSA) is 3.24 Å². The highest BCUT2D eigenvalue weighted by Crippen LogP contribution is 2.23. The quantitative estimate of drug-likeness (QED) is 0.389. The van der Waals surface area contributed by atoms with Crippen LogP contribution < -0.4 is 0 Å². The Labute approximate surface area is 95.9 Å². The van der Waals surface area contributed by atoms with Gasteiger partial charge < -0.3 is 4.90 Å². The fourth-order valence-electron chi connectivity index (χ4n) is 2.10. The minimum Gasteiger partial charge on any atom is -0.375 e. The van der Waals surface area contributed by atoms with Crippen LogP contribution in [-0.4, -0.2) is 26.1 Å². The summed E-state index contributed by atoms with van der Waals surface area (Å²) in [6.45, 7) is 13.5. The monoisotopic (exact) mass is 223 g/mol. The van der Waals surface area contributed by atoms with Crippen molar-refractivity contribution in [2.45, 2.75) is 45.3 Å². The van der Waals surface area contributed by atoms with E-state index in [1.165, 1.54) is 32.4 Å². The molecule has 0 aromatic rings. The van der Waals surface area contributed by atoms with Crippen LogP contribution in [0.4, 0.5) is 0 Å². The Bertz CT molecular complexity index is 237. The Morgan fingerprint density at radius 3 is 2.73 bits per heavy atom. The molecule has 1 saturated heterocycles. The molecule has 2 heteroatoms. The van der Waals surface area contributed by atoms with E-state index in [1.807, 2.05) is 6.08 Å². The van der Waals surface area contributed by atoms with E-state index in [0.717, 1.165) is 6.42 Å². The van der Waals surface area contributed by atoms with E-state index >= 15 is 0 Å². The van der Waals surface area contributed by atoms with Crippen LogP contribution in [0, 0.1) is 0 Å². The second-order valence-electron chi connectivity index (χ2n) is 5.52. The van der Waals surface area contributed by atoms with Crippen molar-refractivity contribution in [3.63, 3.8) is 0 Å². The highest BCUT2D eigenvalue weighted by Gasteiger charge is 2.19. The number of unbranched alkanes of at least 4 members (excludes halogenated alkanes) is 1.